The van der Waals surface area contributed by atoms with Gasteiger partial charge in [-0.25, -0.2) is 4.98 Å². The molecule has 3 heterocycles. The Kier molecular flexibility index (Phi) is 5.93. The highest BCUT2D eigenvalue weighted by Gasteiger charge is 2.17. The molecule has 0 spiro atoms. The van der Waals surface area contributed by atoms with E-state index in [9.17, 15) is 4.79 Å². The predicted octanol–water partition coefficient (Wildman–Crippen LogP) is 3.86. The number of allylic oxidation sites excluding steroid dienone is 6. The Bertz CT molecular complexity index is 1200. The molecule has 0 aliphatic heterocycles. The summed E-state index contributed by atoms with van der Waals surface area (Å²) in [7, 11) is 0. The number of amides is 1. The van der Waals surface area contributed by atoms with E-state index >= 15 is 0 Å². The molecule has 7 nitrogen and oxygen atoms in total. The molecular formula is C24H26N6O. The molecule has 1 aliphatic rings. The zero-order valence-electron chi connectivity index (χ0n) is 17.8. The predicted molar refractivity (Wildman–Crippen MR) is 123 cm³/mol. The third-order valence-electron chi connectivity index (χ3n) is 5.37. The van der Waals surface area contributed by atoms with Crippen LogP contribution >= 0.6 is 0 Å². The van der Waals surface area contributed by atoms with Gasteiger partial charge in [-0.2, -0.15) is 9.61 Å². The smallest absolute Gasteiger partial charge is 0.220 e. The Morgan fingerprint density at radius 1 is 1.23 bits per heavy atom. The number of pyridine rings is 1. The number of carbonyl (C=O) groups excluding carboxylic acids is 1. The fraction of sp³-hybridized carbons (Fsp3) is 0.250. The number of fused-ring (bicyclic) bond motifs is 1. The number of carbonyl (C=O) groups is 1. The van der Waals surface area contributed by atoms with Gasteiger partial charge in [-0.15, -0.1) is 0 Å². The fourth-order valence-electron chi connectivity index (χ4n) is 3.63. The molecule has 3 aromatic heterocycles. The van der Waals surface area contributed by atoms with Gasteiger partial charge in [0.1, 0.15) is 5.82 Å². The molecule has 3 N–H and O–H groups in total. The van der Waals surface area contributed by atoms with Gasteiger partial charge in [-0.05, 0) is 24.5 Å². The molecule has 7 heteroatoms. The maximum absolute atomic E-state index is 11.7. The summed E-state index contributed by atoms with van der Waals surface area (Å²) in [6.45, 7) is 4.18. The number of nitrogen functional groups attached to an aromatic ring is 1. The molecular weight excluding hydrogens is 388 g/mol. The number of rotatable bonds is 6. The number of hydrogen-bond acceptors (Lipinski definition) is 5. The molecule has 158 valence electrons. The van der Waals surface area contributed by atoms with Crippen molar-refractivity contribution in [2.45, 2.75) is 39.7 Å². The lowest BCUT2D eigenvalue weighted by atomic mass is 10.1. The molecule has 3 aromatic rings. The first-order valence-electron chi connectivity index (χ1n) is 10.5. The summed E-state index contributed by atoms with van der Waals surface area (Å²) in [4.78, 5) is 21.2. The maximum atomic E-state index is 11.7. The van der Waals surface area contributed by atoms with E-state index in [2.05, 4.69) is 33.6 Å². The summed E-state index contributed by atoms with van der Waals surface area (Å²) in [5, 5.41) is 7.36. The zero-order chi connectivity index (χ0) is 21.8. The van der Waals surface area contributed by atoms with Crippen molar-refractivity contribution in [3.63, 3.8) is 0 Å². The van der Waals surface area contributed by atoms with Crippen LogP contribution in [0.4, 0.5) is 5.82 Å². The summed E-state index contributed by atoms with van der Waals surface area (Å²) in [5.41, 5.74) is 12.5. The molecule has 0 saturated heterocycles. The number of aromatic nitrogens is 4. The van der Waals surface area contributed by atoms with Gasteiger partial charge in [0.05, 0.1) is 24.1 Å². The topological polar surface area (TPSA) is 98.2 Å². The van der Waals surface area contributed by atoms with Gasteiger partial charge in [0.25, 0.3) is 0 Å². The maximum Gasteiger partial charge on any atom is 0.220 e. The second-order valence-corrected chi connectivity index (χ2v) is 7.31. The van der Waals surface area contributed by atoms with E-state index in [0.717, 1.165) is 40.1 Å². The Morgan fingerprint density at radius 3 is 2.84 bits per heavy atom. The summed E-state index contributed by atoms with van der Waals surface area (Å²) < 4.78 is 1.66. The van der Waals surface area contributed by atoms with Crippen LogP contribution in [0.15, 0.2) is 54.9 Å². The van der Waals surface area contributed by atoms with Crippen LogP contribution in [0.25, 0.3) is 22.3 Å². The normalized spacial score (nSPS) is 13.3. The van der Waals surface area contributed by atoms with Crippen molar-refractivity contribution < 1.29 is 4.79 Å². The third kappa shape index (κ3) is 4.12. The molecule has 0 saturated carbocycles. The van der Waals surface area contributed by atoms with E-state index < -0.39 is 0 Å². The van der Waals surface area contributed by atoms with Crippen molar-refractivity contribution in [3.8, 4) is 11.1 Å². The Hall–Kier alpha value is -3.74. The minimum absolute atomic E-state index is 0.0205. The molecule has 4 rings (SSSR count). The molecule has 0 aromatic carbocycles. The number of nitrogens with one attached hydrogen (secondary N) is 1. The largest absolute Gasteiger partial charge is 0.383 e. The minimum Gasteiger partial charge on any atom is -0.383 e. The highest BCUT2D eigenvalue weighted by molar-refractivity contribution is 5.80. The van der Waals surface area contributed by atoms with Crippen LogP contribution in [0, 0.1) is 0 Å². The Labute approximate surface area is 181 Å². The number of nitrogens with zero attached hydrogens (tertiary/aromatic N) is 4. The minimum atomic E-state index is -0.0205. The third-order valence-corrected chi connectivity index (χ3v) is 5.37. The van der Waals surface area contributed by atoms with Gasteiger partial charge >= 0.3 is 0 Å². The summed E-state index contributed by atoms with van der Waals surface area (Å²) in [6.07, 6.45) is 16.0. The van der Waals surface area contributed by atoms with E-state index in [4.69, 9.17) is 10.7 Å². The molecule has 0 radical (unpaired) electrons. The van der Waals surface area contributed by atoms with Gasteiger partial charge < -0.3 is 11.1 Å². The van der Waals surface area contributed by atoms with Gasteiger partial charge in [-0.1, -0.05) is 50.3 Å². The van der Waals surface area contributed by atoms with Crippen molar-refractivity contribution in [1.82, 2.24) is 24.9 Å². The Balaban J connectivity index is 1.71. The second kappa shape index (κ2) is 8.95. The summed E-state index contributed by atoms with van der Waals surface area (Å²) >= 11 is 0. The fourth-order valence-corrected chi connectivity index (χ4v) is 3.63. The summed E-state index contributed by atoms with van der Waals surface area (Å²) in [6, 6.07) is 4.03. The summed E-state index contributed by atoms with van der Waals surface area (Å²) in [5.74, 6) is 0.526. The highest BCUT2D eigenvalue weighted by Crippen LogP contribution is 2.28. The first kappa shape index (κ1) is 20.5. The van der Waals surface area contributed by atoms with Gasteiger partial charge in [0.15, 0.2) is 5.65 Å². The average Bonchev–Trinajstić information content (AvgIpc) is 3.03. The van der Waals surface area contributed by atoms with Crippen LogP contribution in [0.2, 0.25) is 0 Å². The lowest BCUT2D eigenvalue weighted by Crippen LogP contribution is -2.23. The second-order valence-electron chi connectivity index (χ2n) is 7.31. The lowest BCUT2D eigenvalue weighted by molar-refractivity contribution is -0.120. The first-order valence-corrected chi connectivity index (χ1v) is 10.5. The average molecular weight is 415 g/mol. The molecule has 0 bridgehead atoms. The highest BCUT2D eigenvalue weighted by atomic mass is 16.1. The van der Waals surface area contributed by atoms with Gasteiger partial charge in [0.2, 0.25) is 5.91 Å². The molecule has 0 fully saturated rings. The number of hydrogen-bond donors (Lipinski definition) is 2. The van der Waals surface area contributed by atoms with Crippen molar-refractivity contribution in [1.29, 1.82) is 0 Å². The SMILES string of the molecule is CCC(=O)NCc1nc2c(-c3ccc(C4=CCC=CC=C4)nc3)cnn2c(N)c1CC. The molecule has 0 unspecified atom stereocenters. The van der Waals surface area contributed by atoms with Crippen LogP contribution < -0.4 is 11.1 Å². The van der Waals surface area contributed by atoms with Gasteiger partial charge in [0, 0.05) is 29.3 Å². The van der Waals surface area contributed by atoms with Gasteiger partial charge in [-0.3, -0.25) is 9.78 Å². The van der Waals surface area contributed by atoms with Crippen molar-refractivity contribution in [3.05, 3.63) is 71.9 Å². The van der Waals surface area contributed by atoms with Crippen molar-refractivity contribution >= 4 is 22.9 Å². The van der Waals surface area contributed by atoms with Crippen LogP contribution in [0.3, 0.4) is 0 Å². The van der Waals surface area contributed by atoms with E-state index in [1.165, 1.54) is 0 Å². The van der Waals surface area contributed by atoms with E-state index in [-0.39, 0.29) is 5.91 Å². The van der Waals surface area contributed by atoms with Crippen LogP contribution in [0.5, 0.6) is 0 Å². The molecule has 1 amide bonds. The number of nitrogens with two attached hydrogens (primary N) is 1. The molecule has 31 heavy (non-hydrogen) atoms. The van der Waals surface area contributed by atoms with Crippen molar-refractivity contribution in [2.24, 2.45) is 0 Å². The lowest BCUT2D eigenvalue weighted by Gasteiger charge is -2.13. The quantitative estimate of drug-likeness (QED) is 0.638. The number of anilines is 1. The first-order chi connectivity index (χ1) is 15.1. The molecule has 0 atom stereocenters. The standard InChI is InChI=1S/C24H26N6O/c1-3-18-21(15-27-22(31)4-2)29-24-19(14-28-30(24)23(18)25)17-11-12-20(26-13-17)16-9-7-5-6-8-10-16/h5-7,9-14H,3-4,8,15,25H2,1-2H3,(H,27,31). The van der Waals surface area contributed by atoms with E-state index in [0.29, 0.717) is 30.9 Å². The van der Waals surface area contributed by atoms with Crippen LogP contribution in [-0.2, 0) is 17.8 Å². The van der Waals surface area contributed by atoms with E-state index in [1.807, 2.05) is 44.3 Å². The van der Waals surface area contributed by atoms with Crippen LogP contribution in [0.1, 0.15) is 43.6 Å². The van der Waals surface area contributed by atoms with Crippen molar-refractivity contribution in [2.75, 3.05) is 5.73 Å². The Morgan fingerprint density at radius 2 is 2.10 bits per heavy atom. The van der Waals surface area contributed by atoms with Crippen LogP contribution in [-0.4, -0.2) is 25.5 Å². The van der Waals surface area contributed by atoms with E-state index in [1.54, 1.807) is 10.7 Å². The molecule has 1 aliphatic carbocycles. The monoisotopic (exact) mass is 414 g/mol. The zero-order valence-corrected chi connectivity index (χ0v) is 17.8.